The smallest absolute Gasteiger partial charge is 0.152 e. The first-order valence-corrected chi connectivity index (χ1v) is 6.48. The highest BCUT2D eigenvalue weighted by Crippen LogP contribution is 2.24. The molecule has 0 heterocycles. The predicted molar refractivity (Wildman–Crippen MR) is 75.8 cm³/mol. The molecule has 0 aromatic carbocycles. The summed E-state index contributed by atoms with van der Waals surface area (Å²) < 4.78 is 0. The molecule has 0 saturated heterocycles. The fourth-order valence-corrected chi connectivity index (χ4v) is 1.60. The highest BCUT2D eigenvalue weighted by molar-refractivity contribution is 5.87. The van der Waals surface area contributed by atoms with E-state index in [0.717, 1.165) is 0 Å². The lowest BCUT2D eigenvalue weighted by Gasteiger charge is -2.17. The quantitative estimate of drug-likeness (QED) is 0.578. The average Bonchev–Trinajstić information content (AvgIpc) is 2.33. The van der Waals surface area contributed by atoms with Gasteiger partial charge in [0.2, 0.25) is 0 Å². The monoisotopic (exact) mass is 228 g/mol. The molecule has 0 N–H and O–H groups in total. The van der Waals surface area contributed by atoms with Crippen LogP contribution in [0.2, 0.25) is 0 Å². The molecule has 0 amide bonds. The minimum atomic E-state index is 0. The molecule has 0 spiro atoms. The van der Waals surface area contributed by atoms with Gasteiger partial charge >= 0.3 is 0 Å². The van der Waals surface area contributed by atoms with Gasteiger partial charge in [0.05, 0.1) is 0 Å². The summed E-state index contributed by atoms with van der Waals surface area (Å²) in [6, 6.07) is 0. The lowest BCUT2D eigenvalue weighted by Crippen LogP contribution is -2.03. The van der Waals surface area contributed by atoms with Crippen LogP contribution in [0.15, 0.2) is 12.2 Å². The van der Waals surface area contributed by atoms with Crippen molar-refractivity contribution in [3.05, 3.63) is 12.2 Å². The van der Waals surface area contributed by atoms with Gasteiger partial charge < -0.3 is 0 Å². The Kier molecular flexibility index (Phi) is 21.8. The summed E-state index contributed by atoms with van der Waals surface area (Å²) in [7, 11) is 0. The predicted octanol–water partition coefficient (Wildman–Crippen LogP) is 5.40. The number of ketones is 1. The molecule has 16 heavy (non-hydrogen) atoms. The normalized spacial score (nSPS) is 15.1. The Hall–Kier alpha value is -0.590. The largest absolute Gasteiger partial charge is 0.295 e. The Labute approximate surface area is 103 Å². The van der Waals surface area contributed by atoms with Gasteiger partial charge in [0.25, 0.3) is 0 Å². The number of hydrogen-bond acceptors (Lipinski definition) is 1. The number of rotatable bonds is 2. The second-order valence-electron chi connectivity index (χ2n) is 3.37. The van der Waals surface area contributed by atoms with Gasteiger partial charge in [-0.25, -0.2) is 0 Å². The van der Waals surface area contributed by atoms with E-state index in [9.17, 15) is 4.79 Å². The average molecular weight is 228 g/mol. The van der Waals surface area contributed by atoms with E-state index in [0.29, 0.717) is 5.92 Å². The summed E-state index contributed by atoms with van der Waals surface area (Å²) in [6.45, 7) is 9.61. The van der Waals surface area contributed by atoms with Crippen LogP contribution in [0.5, 0.6) is 0 Å². The van der Waals surface area contributed by atoms with Gasteiger partial charge in [-0.3, -0.25) is 4.79 Å². The molecule has 1 fully saturated rings. The van der Waals surface area contributed by atoms with Crippen molar-refractivity contribution in [2.75, 3.05) is 0 Å². The molecule has 1 rings (SSSR count). The van der Waals surface area contributed by atoms with E-state index in [1.807, 2.05) is 27.7 Å². The van der Waals surface area contributed by atoms with Crippen molar-refractivity contribution in [2.24, 2.45) is 5.92 Å². The molecule has 1 heteroatoms. The third kappa shape index (κ3) is 13.4. The Morgan fingerprint density at radius 3 is 1.81 bits per heavy atom. The molecule has 0 aliphatic heterocycles. The fraction of sp³-hybridized carbons (Fsp3) is 0.800. The van der Waals surface area contributed by atoms with Crippen molar-refractivity contribution >= 4 is 5.78 Å². The zero-order chi connectivity index (χ0) is 12.1. The number of carbonyl (C=O) groups is 1. The SMILES string of the molecule is C.CC.CC.CC(=O)/C=C/C1CCCCC1. The Morgan fingerprint density at radius 1 is 1.00 bits per heavy atom. The molecule has 1 nitrogen and oxygen atoms in total. The van der Waals surface area contributed by atoms with Crippen LogP contribution in [0.3, 0.4) is 0 Å². The van der Waals surface area contributed by atoms with Crippen LogP contribution < -0.4 is 0 Å². The zero-order valence-electron chi connectivity index (χ0n) is 11.2. The summed E-state index contributed by atoms with van der Waals surface area (Å²) in [5.74, 6) is 0.864. The van der Waals surface area contributed by atoms with Crippen LogP contribution in [0, 0.1) is 5.92 Å². The van der Waals surface area contributed by atoms with E-state index in [1.165, 1.54) is 32.1 Å². The highest BCUT2D eigenvalue weighted by atomic mass is 16.1. The molecule has 0 atom stereocenters. The molecular weight excluding hydrogens is 196 g/mol. The molecule has 0 radical (unpaired) electrons. The van der Waals surface area contributed by atoms with E-state index in [2.05, 4.69) is 6.08 Å². The minimum Gasteiger partial charge on any atom is -0.295 e. The molecule has 0 aromatic rings. The van der Waals surface area contributed by atoms with Gasteiger partial charge in [0.1, 0.15) is 0 Å². The summed E-state index contributed by atoms with van der Waals surface area (Å²) in [6.07, 6.45) is 10.4. The van der Waals surface area contributed by atoms with Gasteiger partial charge in [0, 0.05) is 0 Å². The maximum absolute atomic E-state index is 10.6. The first-order valence-electron chi connectivity index (χ1n) is 6.48. The Balaban J connectivity index is -0.000000305. The third-order valence-electron chi connectivity index (χ3n) is 2.25. The third-order valence-corrected chi connectivity index (χ3v) is 2.25. The van der Waals surface area contributed by atoms with Gasteiger partial charge in [-0.1, -0.05) is 60.5 Å². The van der Waals surface area contributed by atoms with Crippen LogP contribution >= 0.6 is 0 Å². The highest BCUT2D eigenvalue weighted by Gasteiger charge is 2.09. The number of allylic oxidation sites excluding steroid dienone is 2. The fourth-order valence-electron chi connectivity index (χ4n) is 1.60. The van der Waals surface area contributed by atoms with Crippen molar-refractivity contribution in [1.82, 2.24) is 0 Å². The maximum atomic E-state index is 10.6. The molecular formula is C15H32O. The van der Waals surface area contributed by atoms with Crippen molar-refractivity contribution in [3.63, 3.8) is 0 Å². The molecule has 0 unspecified atom stereocenters. The maximum Gasteiger partial charge on any atom is 0.152 e. The van der Waals surface area contributed by atoms with Crippen LogP contribution in [0.25, 0.3) is 0 Å². The van der Waals surface area contributed by atoms with Gasteiger partial charge in [0.15, 0.2) is 5.78 Å². The summed E-state index contributed by atoms with van der Waals surface area (Å²) >= 11 is 0. The number of carbonyl (C=O) groups excluding carboxylic acids is 1. The topological polar surface area (TPSA) is 17.1 Å². The first kappa shape index (κ1) is 20.8. The van der Waals surface area contributed by atoms with Crippen LogP contribution in [0.1, 0.15) is 74.1 Å². The lowest BCUT2D eigenvalue weighted by atomic mass is 9.89. The number of hydrogen-bond donors (Lipinski definition) is 0. The van der Waals surface area contributed by atoms with Crippen molar-refractivity contribution in [2.45, 2.75) is 74.1 Å². The first-order chi connectivity index (χ1) is 7.29. The Morgan fingerprint density at radius 2 is 1.44 bits per heavy atom. The molecule has 0 bridgehead atoms. The molecule has 98 valence electrons. The van der Waals surface area contributed by atoms with Crippen LogP contribution in [0.4, 0.5) is 0 Å². The van der Waals surface area contributed by atoms with E-state index >= 15 is 0 Å². The summed E-state index contributed by atoms with van der Waals surface area (Å²) in [4.78, 5) is 10.6. The summed E-state index contributed by atoms with van der Waals surface area (Å²) in [5, 5.41) is 0. The van der Waals surface area contributed by atoms with Gasteiger partial charge in [-0.15, -0.1) is 0 Å². The summed E-state index contributed by atoms with van der Waals surface area (Å²) in [5.41, 5.74) is 0. The molecule has 0 aromatic heterocycles. The molecule has 1 saturated carbocycles. The van der Waals surface area contributed by atoms with Crippen molar-refractivity contribution in [3.8, 4) is 0 Å². The second-order valence-corrected chi connectivity index (χ2v) is 3.37. The second kappa shape index (κ2) is 16.8. The van der Waals surface area contributed by atoms with Gasteiger partial charge in [-0.05, 0) is 31.8 Å². The van der Waals surface area contributed by atoms with Gasteiger partial charge in [-0.2, -0.15) is 0 Å². The molecule has 1 aliphatic carbocycles. The van der Waals surface area contributed by atoms with Crippen molar-refractivity contribution < 1.29 is 4.79 Å². The van der Waals surface area contributed by atoms with Crippen LogP contribution in [-0.4, -0.2) is 5.78 Å². The van der Waals surface area contributed by atoms with Crippen LogP contribution in [-0.2, 0) is 4.79 Å². The minimum absolute atomic E-state index is 0. The molecule has 1 aliphatic rings. The van der Waals surface area contributed by atoms with E-state index in [4.69, 9.17) is 0 Å². The van der Waals surface area contributed by atoms with Crippen molar-refractivity contribution in [1.29, 1.82) is 0 Å². The Bertz CT molecular complexity index is 153. The standard InChI is InChI=1S/C10H16O.2C2H6.CH4/c1-9(11)7-8-10-5-3-2-4-6-10;2*1-2;/h7-8,10H,2-6H2,1H3;2*1-2H3;1H4/b8-7+;;;. The lowest BCUT2D eigenvalue weighted by molar-refractivity contribution is -0.112. The van der Waals surface area contributed by atoms with E-state index < -0.39 is 0 Å². The van der Waals surface area contributed by atoms with E-state index in [1.54, 1.807) is 13.0 Å². The zero-order valence-corrected chi connectivity index (χ0v) is 11.2. The van der Waals surface area contributed by atoms with E-state index in [-0.39, 0.29) is 13.2 Å².